The summed E-state index contributed by atoms with van der Waals surface area (Å²) in [6.07, 6.45) is 70.5. The quantitative estimate of drug-likeness (QED) is 0.0268. The van der Waals surface area contributed by atoms with Crippen molar-refractivity contribution in [3.8, 4) is 0 Å². The van der Waals surface area contributed by atoms with E-state index in [1.807, 2.05) is 134 Å². The monoisotopic (exact) mass is 835 g/mol. The van der Waals surface area contributed by atoms with Gasteiger partial charge < -0.3 is 14.2 Å². The van der Waals surface area contributed by atoms with Crippen molar-refractivity contribution >= 4 is 17.9 Å². The van der Waals surface area contributed by atoms with Gasteiger partial charge in [0.2, 0.25) is 0 Å². The van der Waals surface area contributed by atoms with Crippen LogP contribution in [-0.4, -0.2) is 37.2 Å². The maximum absolute atomic E-state index is 12.7. The third-order valence-electron chi connectivity index (χ3n) is 8.55. The standard InChI is InChI=1S/C55H78O6/c1-4-7-10-13-16-19-22-25-26-27-28-31-33-36-39-42-45-48-54(57)60-51-52(61-55(58)49-46-43-40-37-34-30-24-21-18-15-12-9-6-3)50-59-53(56)47-44-41-38-35-32-29-23-20-17-14-11-8-5-2/h7-34,52H,4-6,35-51H2,1-3H3/b10-7+,11-8+,12-9+,16-13+,17-14+,18-15+,22-19+,23-20+,24-21+,26-25+,28-27+,32-29+,33-31+,34-30+. The number of esters is 3. The lowest BCUT2D eigenvalue weighted by Crippen LogP contribution is -2.30. The Kier molecular flexibility index (Phi) is 43.4. The van der Waals surface area contributed by atoms with Crippen molar-refractivity contribution in [2.75, 3.05) is 13.2 Å². The largest absolute Gasteiger partial charge is 0.462 e. The molecular weight excluding hydrogens is 757 g/mol. The zero-order valence-electron chi connectivity index (χ0n) is 37.8. The minimum absolute atomic E-state index is 0.139. The summed E-state index contributed by atoms with van der Waals surface area (Å²) in [5, 5.41) is 0. The molecule has 0 aromatic rings. The normalized spacial score (nSPS) is 13.7. The van der Waals surface area contributed by atoms with Gasteiger partial charge in [0, 0.05) is 19.3 Å². The number of unbranched alkanes of at least 4 members (excludes halogenated alkanes) is 9. The summed E-state index contributed by atoms with van der Waals surface area (Å²) in [5.41, 5.74) is 0. The molecule has 0 aliphatic heterocycles. The molecule has 0 rings (SSSR count). The molecule has 0 saturated heterocycles. The van der Waals surface area contributed by atoms with Gasteiger partial charge in [-0.25, -0.2) is 0 Å². The fraction of sp³-hybridized carbons (Fsp3) is 0.436. The molecule has 0 fully saturated rings. The molecule has 0 N–H and O–H groups in total. The number of allylic oxidation sites excluding steroid dienone is 28. The first-order chi connectivity index (χ1) is 30.0. The molecule has 1 unspecified atom stereocenters. The van der Waals surface area contributed by atoms with Crippen molar-refractivity contribution in [3.63, 3.8) is 0 Å². The molecule has 0 aliphatic rings. The second kappa shape index (κ2) is 47.4. The molecule has 6 nitrogen and oxygen atoms in total. The highest BCUT2D eigenvalue weighted by molar-refractivity contribution is 5.71. The maximum atomic E-state index is 12.7. The molecule has 0 aromatic carbocycles. The zero-order valence-corrected chi connectivity index (χ0v) is 37.8. The topological polar surface area (TPSA) is 78.9 Å². The van der Waals surface area contributed by atoms with Crippen LogP contribution in [0.2, 0.25) is 0 Å². The Morgan fingerprint density at radius 2 is 0.590 bits per heavy atom. The molecule has 0 saturated carbocycles. The van der Waals surface area contributed by atoms with Crippen LogP contribution in [0.3, 0.4) is 0 Å². The van der Waals surface area contributed by atoms with Crippen LogP contribution >= 0.6 is 0 Å². The number of hydrogen-bond donors (Lipinski definition) is 0. The third-order valence-corrected chi connectivity index (χ3v) is 8.55. The lowest BCUT2D eigenvalue weighted by Gasteiger charge is -2.18. The predicted molar refractivity (Wildman–Crippen MR) is 260 cm³/mol. The summed E-state index contributed by atoms with van der Waals surface area (Å²) in [7, 11) is 0. The minimum atomic E-state index is -0.841. The number of carbonyl (C=O) groups is 3. The van der Waals surface area contributed by atoms with Gasteiger partial charge in [-0.2, -0.15) is 0 Å². The van der Waals surface area contributed by atoms with E-state index in [4.69, 9.17) is 14.2 Å². The first kappa shape index (κ1) is 55.8. The second-order valence-electron chi connectivity index (χ2n) is 14.1. The van der Waals surface area contributed by atoms with E-state index in [1.54, 1.807) is 0 Å². The van der Waals surface area contributed by atoms with E-state index in [9.17, 15) is 14.4 Å². The predicted octanol–water partition coefficient (Wildman–Crippen LogP) is 14.9. The highest BCUT2D eigenvalue weighted by Gasteiger charge is 2.19. The minimum Gasteiger partial charge on any atom is -0.462 e. The highest BCUT2D eigenvalue weighted by atomic mass is 16.6. The Labute approximate surface area is 371 Å². The van der Waals surface area contributed by atoms with Crippen molar-refractivity contribution in [2.45, 2.75) is 142 Å². The molecule has 0 heterocycles. The summed E-state index contributed by atoms with van der Waals surface area (Å²) in [6, 6.07) is 0. The number of ether oxygens (including phenoxy) is 3. The van der Waals surface area contributed by atoms with E-state index < -0.39 is 6.10 Å². The van der Waals surface area contributed by atoms with Crippen molar-refractivity contribution in [2.24, 2.45) is 0 Å². The molecule has 0 spiro atoms. The molecule has 0 radical (unpaired) electrons. The van der Waals surface area contributed by atoms with Crippen LogP contribution in [0.25, 0.3) is 0 Å². The fourth-order valence-electron chi connectivity index (χ4n) is 5.20. The first-order valence-corrected chi connectivity index (χ1v) is 22.8. The molecule has 1 atom stereocenters. The second-order valence-corrected chi connectivity index (χ2v) is 14.1. The van der Waals surface area contributed by atoms with Gasteiger partial charge in [0.15, 0.2) is 6.10 Å². The van der Waals surface area contributed by atoms with E-state index in [0.29, 0.717) is 19.3 Å². The lowest BCUT2D eigenvalue weighted by atomic mass is 10.1. The zero-order chi connectivity index (χ0) is 44.4. The summed E-state index contributed by atoms with van der Waals surface area (Å²) >= 11 is 0. The van der Waals surface area contributed by atoms with Crippen molar-refractivity contribution in [1.82, 2.24) is 0 Å². The Balaban J connectivity index is 4.66. The van der Waals surface area contributed by atoms with Crippen LogP contribution in [0.5, 0.6) is 0 Å². The van der Waals surface area contributed by atoms with E-state index in [0.717, 1.165) is 77.0 Å². The maximum Gasteiger partial charge on any atom is 0.306 e. The van der Waals surface area contributed by atoms with Gasteiger partial charge in [0.05, 0.1) is 0 Å². The molecule has 0 aliphatic carbocycles. The summed E-state index contributed by atoms with van der Waals surface area (Å²) in [5.74, 6) is -1.08. The van der Waals surface area contributed by atoms with Crippen molar-refractivity contribution < 1.29 is 28.6 Å². The van der Waals surface area contributed by atoms with Gasteiger partial charge in [0.25, 0.3) is 0 Å². The average Bonchev–Trinajstić information content (AvgIpc) is 3.26. The van der Waals surface area contributed by atoms with E-state index in [2.05, 4.69) is 57.2 Å². The van der Waals surface area contributed by atoms with Crippen LogP contribution in [0.15, 0.2) is 170 Å². The summed E-state index contributed by atoms with van der Waals surface area (Å²) in [4.78, 5) is 37.8. The lowest BCUT2D eigenvalue weighted by molar-refractivity contribution is -0.167. The molecule has 61 heavy (non-hydrogen) atoms. The van der Waals surface area contributed by atoms with Crippen LogP contribution in [0.4, 0.5) is 0 Å². The summed E-state index contributed by atoms with van der Waals surface area (Å²) < 4.78 is 16.6. The average molecular weight is 835 g/mol. The molecule has 6 heteroatoms. The van der Waals surface area contributed by atoms with Gasteiger partial charge in [-0.15, -0.1) is 0 Å². The van der Waals surface area contributed by atoms with E-state index in [-0.39, 0.29) is 50.4 Å². The van der Waals surface area contributed by atoms with Crippen LogP contribution in [0.1, 0.15) is 136 Å². The molecule has 0 amide bonds. The number of carbonyl (C=O) groups excluding carboxylic acids is 3. The van der Waals surface area contributed by atoms with E-state index in [1.165, 1.54) is 0 Å². The Morgan fingerprint density at radius 1 is 0.328 bits per heavy atom. The molecule has 0 bridgehead atoms. The van der Waals surface area contributed by atoms with Crippen molar-refractivity contribution in [1.29, 1.82) is 0 Å². The van der Waals surface area contributed by atoms with Gasteiger partial charge in [-0.3, -0.25) is 14.4 Å². The first-order valence-electron chi connectivity index (χ1n) is 22.8. The Morgan fingerprint density at radius 3 is 0.885 bits per heavy atom. The fourth-order valence-corrected chi connectivity index (χ4v) is 5.20. The summed E-state index contributed by atoms with van der Waals surface area (Å²) in [6.45, 7) is 6.05. The SMILES string of the molecule is CC/C=C/C=C/C=C/C=C/C=C/C=C/CCCCCC(=O)OCC(COC(=O)CCCCC/C=C/C=C/C=C/C=C/CC)OC(=O)CCCCC/C=C/C=C/C=C/C=C/CC. The number of rotatable bonds is 37. The van der Waals surface area contributed by atoms with Crippen molar-refractivity contribution in [3.05, 3.63) is 170 Å². The van der Waals surface area contributed by atoms with Gasteiger partial charge in [0.1, 0.15) is 13.2 Å². The smallest absolute Gasteiger partial charge is 0.306 e. The van der Waals surface area contributed by atoms with Gasteiger partial charge in [-0.1, -0.05) is 210 Å². The molecular formula is C55H78O6. The van der Waals surface area contributed by atoms with Crippen LogP contribution in [-0.2, 0) is 28.6 Å². The molecule has 334 valence electrons. The van der Waals surface area contributed by atoms with E-state index >= 15 is 0 Å². The number of hydrogen-bond acceptors (Lipinski definition) is 6. The van der Waals surface area contributed by atoms with Crippen LogP contribution < -0.4 is 0 Å². The van der Waals surface area contributed by atoms with Crippen LogP contribution in [0, 0.1) is 0 Å². The Hall–Kier alpha value is -5.23. The van der Waals surface area contributed by atoms with Gasteiger partial charge >= 0.3 is 17.9 Å². The molecule has 0 aromatic heterocycles. The van der Waals surface area contributed by atoms with Gasteiger partial charge in [-0.05, 0) is 77.0 Å². The highest BCUT2D eigenvalue weighted by Crippen LogP contribution is 2.10. The third kappa shape index (κ3) is 45.7. The Bertz CT molecular complexity index is 1520.